The largest absolute Gasteiger partial charge is 0.317 e. The number of hydrogen-bond donors (Lipinski definition) is 2. The van der Waals surface area contributed by atoms with Gasteiger partial charge in [0.15, 0.2) is 0 Å². The highest BCUT2D eigenvalue weighted by Crippen LogP contribution is 2.04. The van der Waals surface area contributed by atoms with Gasteiger partial charge in [-0.1, -0.05) is 20.3 Å². The third-order valence-corrected chi connectivity index (χ3v) is 2.79. The number of hydrogen-bond acceptors (Lipinski definition) is 2. The van der Waals surface area contributed by atoms with E-state index in [4.69, 9.17) is 0 Å². The third kappa shape index (κ3) is 3.55. The van der Waals surface area contributed by atoms with E-state index in [1.165, 1.54) is 38.9 Å². The molecule has 2 N–H and O–H groups in total. The van der Waals surface area contributed by atoms with Gasteiger partial charge in [-0.25, -0.2) is 0 Å². The van der Waals surface area contributed by atoms with Crippen LogP contribution in [0.25, 0.3) is 0 Å². The zero-order chi connectivity index (χ0) is 8.81. The summed E-state index contributed by atoms with van der Waals surface area (Å²) in [6.45, 7) is 8.15. The van der Waals surface area contributed by atoms with E-state index in [2.05, 4.69) is 24.5 Å². The van der Waals surface area contributed by atoms with Crippen molar-refractivity contribution in [3.63, 3.8) is 0 Å². The summed E-state index contributed by atoms with van der Waals surface area (Å²) in [5, 5.41) is 7.01. The molecule has 0 amide bonds. The van der Waals surface area contributed by atoms with E-state index in [9.17, 15) is 0 Å². The Morgan fingerprint density at radius 2 is 2.08 bits per heavy atom. The van der Waals surface area contributed by atoms with Gasteiger partial charge in [-0.05, 0) is 38.4 Å². The lowest BCUT2D eigenvalue weighted by Crippen LogP contribution is -2.41. The molecule has 0 saturated carbocycles. The fraction of sp³-hybridized carbons (Fsp3) is 1.00. The molecule has 0 aromatic rings. The normalized spacial score (nSPS) is 22.5. The van der Waals surface area contributed by atoms with Gasteiger partial charge in [0.1, 0.15) is 0 Å². The van der Waals surface area contributed by atoms with Crippen LogP contribution in [0.2, 0.25) is 0 Å². The van der Waals surface area contributed by atoms with E-state index in [-0.39, 0.29) is 0 Å². The summed E-state index contributed by atoms with van der Waals surface area (Å²) in [6.07, 6.45) is 3.89. The summed E-state index contributed by atoms with van der Waals surface area (Å²) in [5.41, 5.74) is 0. The Kier molecular flexibility index (Phi) is 4.62. The van der Waals surface area contributed by atoms with Gasteiger partial charge in [-0.15, -0.1) is 0 Å². The third-order valence-electron chi connectivity index (χ3n) is 2.79. The van der Waals surface area contributed by atoms with Crippen LogP contribution in [-0.2, 0) is 0 Å². The highest BCUT2D eigenvalue weighted by molar-refractivity contribution is 4.74. The van der Waals surface area contributed by atoms with Crippen LogP contribution in [0.1, 0.15) is 33.1 Å². The molecule has 1 aliphatic rings. The maximum absolute atomic E-state index is 3.63. The Balaban J connectivity index is 2.05. The molecule has 0 aromatic heterocycles. The predicted octanol–water partition coefficient (Wildman–Crippen LogP) is 1.37. The van der Waals surface area contributed by atoms with Gasteiger partial charge >= 0.3 is 0 Å². The van der Waals surface area contributed by atoms with Crippen molar-refractivity contribution < 1.29 is 0 Å². The van der Waals surface area contributed by atoms with Crippen molar-refractivity contribution >= 4 is 0 Å². The number of piperidine rings is 1. The standard InChI is InChI=1S/C10H22N2/c1-3-9(2)8-12-10-4-6-11-7-5-10/h9-12H,3-8H2,1-2H3. The molecule has 12 heavy (non-hydrogen) atoms. The number of nitrogens with one attached hydrogen (secondary N) is 2. The lowest BCUT2D eigenvalue weighted by Gasteiger charge is -2.25. The molecule has 0 bridgehead atoms. The zero-order valence-corrected chi connectivity index (χ0v) is 8.40. The van der Waals surface area contributed by atoms with Crippen LogP contribution < -0.4 is 10.6 Å². The van der Waals surface area contributed by atoms with Gasteiger partial charge < -0.3 is 10.6 Å². The first-order chi connectivity index (χ1) is 5.83. The minimum atomic E-state index is 0.778. The monoisotopic (exact) mass is 170 g/mol. The first-order valence-corrected chi connectivity index (χ1v) is 5.27. The molecule has 72 valence electrons. The van der Waals surface area contributed by atoms with E-state index < -0.39 is 0 Å². The highest BCUT2D eigenvalue weighted by atomic mass is 15.0. The number of rotatable bonds is 4. The molecule has 1 rings (SSSR count). The van der Waals surface area contributed by atoms with E-state index in [1.54, 1.807) is 0 Å². The molecule has 0 spiro atoms. The average Bonchev–Trinajstić information content (AvgIpc) is 2.16. The van der Waals surface area contributed by atoms with Crippen molar-refractivity contribution in [3.05, 3.63) is 0 Å². The Morgan fingerprint density at radius 1 is 1.42 bits per heavy atom. The second-order valence-corrected chi connectivity index (χ2v) is 3.95. The summed E-state index contributed by atoms with van der Waals surface area (Å²) in [7, 11) is 0. The van der Waals surface area contributed by atoms with Crippen LogP contribution in [0.15, 0.2) is 0 Å². The summed E-state index contributed by atoms with van der Waals surface area (Å²) in [5.74, 6) is 0.833. The molecule has 1 heterocycles. The average molecular weight is 170 g/mol. The topological polar surface area (TPSA) is 24.1 Å². The van der Waals surface area contributed by atoms with E-state index in [0.717, 1.165) is 12.0 Å². The second-order valence-electron chi connectivity index (χ2n) is 3.95. The maximum Gasteiger partial charge on any atom is 0.00913 e. The van der Waals surface area contributed by atoms with Gasteiger partial charge in [0.2, 0.25) is 0 Å². The van der Waals surface area contributed by atoms with Crippen molar-refractivity contribution in [2.75, 3.05) is 19.6 Å². The molecule has 0 radical (unpaired) electrons. The SMILES string of the molecule is CCC(C)CNC1CCNCC1. The van der Waals surface area contributed by atoms with Crippen LogP contribution in [0.4, 0.5) is 0 Å². The molecule has 2 heteroatoms. The first kappa shape index (κ1) is 10.0. The van der Waals surface area contributed by atoms with Crippen LogP contribution >= 0.6 is 0 Å². The minimum Gasteiger partial charge on any atom is -0.317 e. The highest BCUT2D eigenvalue weighted by Gasteiger charge is 2.12. The Bertz CT molecular complexity index is 108. The molecule has 1 saturated heterocycles. The lowest BCUT2D eigenvalue weighted by atomic mass is 10.0. The molecular weight excluding hydrogens is 148 g/mol. The van der Waals surface area contributed by atoms with Crippen molar-refractivity contribution in [2.24, 2.45) is 5.92 Å². The molecule has 1 fully saturated rings. The quantitative estimate of drug-likeness (QED) is 0.666. The molecule has 1 atom stereocenters. The van der Waals surface area contributed by atoms with Crippen molar-refractivity contribution in [1.82, 2.24) is 10.6 Å². The zero-order valence-electron chi connectivity index (χ0n) is 8.40. The van der Waals surface area contributed by atoms with Crippen LogP contribution in [0.5, 0.6) is 0 Å². The fourth-order valence-corrected chi connectivity index (χ4v) is 1.54. The molecule has 1 unspecified atom stereocenters. The first-order valence-electron chi connectivity index (χ1n) is 5.27. The molecule has 2 nitrogen and oxygen atoms in total. The smallest absolute Gasteiger partial charge is 0.00913 e. The minimum absolute atomic E-state index is 0.778. The second kappa shape index (κ2) is 5.55. The van der Waals surface area contributed by atoms with Gasteiger partial charge in [0, 0.05) is 6.04 Å². The molecular formula is C10H22N2. The van der Waals surface area contributed by atoms with Crippen molar-refractivity contribution in [2.45, 2.75) is 39.2 Å². The van der Waals surface area contributed by atoms with Gasteiger partial charge in [-0.2, -0.15) is 0 Å². The van der Waals surface area contributed by atoms with Gasteiger partial charge in [0.05, 0.1) is 0 Å². The van der Waals surface area contributed by atoms with Crippen LogP contribution in [0.3, 0.4) is 0 Å². The molecule has 0 aromatic carbocycles. The van der Waals surface area contributed by atoms with Gasteiger partial charge in [0.25, 0.3) is 0 Å². The van der Waals surface area contributed by atoms with Crippen LogP contribution in [-0.4, -0.2) is 25.7 Å². The lowest BCUT2D eigenvalue weighted by molar-refractivity contribution is 0.361. The van der Waals surface area contributed by atoms with Crippen LogP contribution in [0, 0.1) is 5.92 Å². The maximum atomic E-state index is 3.63. The van der Waals surface area contributed by atoms with E-state index in [1.807, 2.05) is 0 Å². The molecule has 0 aliphatic carbocycles. The Morgan fingerprint density at radius 3 is 2.67 bits per heavy atom. The Labute approximate surface area is 76.1 Å². The summed E-state index contributed by atoms with van der Waals surface area (Å²) >= 11 is 0. The summed E-state index contributed by atoms with van der Waals surface area (Å²) < 4.78 is 0. The summed E-state index contributed by atoms with van der Waals surface area (Å²) in [4.78, 5) is 0. The Hall–Kier alpha value is -0.0800. The van der Waals surface area contributed by atoms with Crippen molar-refractivity contribution in [3.8, 4) is 0 Å². The molecule has 1 aliphatic heterocycles. The summed E-state index contributed by atoms with van der Waals surface area (Å²) in [6, 6.07) is 0.778. The van der Waals surface area contributed by atoms with Crippen molar-refractivity contribution in [1.29, 1.82) is 0 Å². The van der Waals surface area contributed by atoms with E-state index in [0.29, 0.717) is 0 Å². The fourth-order valence-electron chi connectivity index (χ4n) is 1.54. The van der Waals surface area contributed by atoms with Gasteiger partial charge in [-0.3, -0.25) is 0 Å². The van der Waals surface area contributed by atoms with E-state index >= 15 is 0 Å². The predicted molar refractivity (Wildman–Crippen MR) is 53.3 cm³/mol.